The molecule has 0 amide bonds. The molecule has 2 unspecified atom stereocenters. The number of nitrogens with one attached hydrogen (secondary N) is 2. The predicted octanol–water partition coefficient (Wildman–Crippen LogP) is 3.52. The summed E-state index contributed by atoms with van der Waals surface area (Å²) in [6.07, 6.45) is 1.04. The molecule has 92 valence electrons. The number of hydrogen-bond acceptors (Lipinski definition) is 2. The molecule has 2 aromatic rings. The molecule has 18 heavy (non-hydrogen) atoms. The van der Waals surface area contributed by atoms with Gasteiger partial charge in [-0.2, -0.15) is 0 Å². The molecule has 0 aromatic heterocycles. The third-order valence-electron chi connectivity index (χ3n) is 3.55. The molecule has 2 N–H and O–H groups in total. The molecule has 2 aromatic carbocycles. The molecular formula is C16H18N2. The van der Waals surface area contributed by atoms with Crippen LogP contribution in [0.5, 0.6) is 0 Å². The second kappa shape index (κ2) is 4.73. The van der Waals surface area contributed by atoms with Crippen molar-refractivity contribution in [2.45, 2.75) is 25.4 Å². The van der Waals surface area contributed by atoms with Crippen LogP contribution in [-0.2, 0) is 6.42 Å². The highest BCUT2D eigenvalue weighted by molar-refractivity contribution is 5.71. The zero-order valence-electron chi connectivity index (χ0n) is 10.6. The van der Waals surface area contributed by atoms with Gasteiger partial charge in [0.05, 0.1) is 17.4 Å². The van der Waals surface area contributed by atoms with Gasteiger partial charge in [-0.05, 0) is 31.0 Å². The summed E-state index contributed by atoms with van der Waals surface area (Å²) in [4.78, 5) is 0. The van der Waals surface area contributed by atoms with E-state index in [-0.39, 0.29) is 0 Å². The van der Waals surface area contributed by atoms with E-state index in [1.807, 2.05) is 0 Å². The summed E-state index contributed by atoms with van der Waals surface area (Å²) in [6, 6.07) is 19.9. The molecule has 0 aliphatic carbocycles. The van der Waals surface area contributed by atoms with E-state index >= 15 is 0 Å². The minimum atomic E-state index is 0.431. The van der Waals surface area contributed by atoms with Gasteiger partial charge in [-0.3, -0.25) is 0 Å². The second-order valence-electron chi connectivity index (χ2n) is 4.92. The maximum absolute atomic E-state index is 3.63. The SMILES string of the molecule is CC1Nc2ccccc2NC1Cc1ccccc1. The van der Waals surface area contributed by atoms with E-state index in [0.717, 1.165) is 6.42 Å². The number of para-hydroxylation sites is 2. The average molecular weight is 238 g/mol. The van der Waals surface area contributed by atoms with E-state index in [0.29, 0.717) is 12.1 Å². The van der Waals surface area contributed by atoms with E-state index in [4.69, 9.17) is 0 Å². The zero-order valence-corrected chi connectivity index (χ0v) is 10.6. The van der Waals surface area contributed by atoms with Crippen molar-refractivity contribution in [3.8, 4) is 0 Å². The first-order valence-corrected chi connectivity index (χ1v) is 6.49. The molecule has 0 radical (unpaired) electrons. The lowest BCUT2D eigenvalue weighted by Gasteiger charge is -2.34. The molecule has 3 rings (SSSR count). The number of rotatable bonds is 2. The summed E-state index contributed by atoms with van der Waals surface area (Å²) >= 11 is 0. The van der Waals surface area contributed by atoms with Gasteiger partial charge in [0.15, 0.2) is 0 Å². The summed E-state index contributed by atoms with van der Waals surface area (Å²) in [7, 11) is 0. The molecule has 2 heteroatoms. The lowest BCUT2D eigenvalue weighted by molar-refractivity contribution is 0.612. The molecule has 0 fully saturated rings. The average Bonchev–Trinajstić information content (AvgIpc) is 2.41. The van der Waals surface area contributed by atoms with Crippen LogP contribution in [0.4, 0.5) is 11.4 Å². The first-order chi connectivity index (χ1) is 8.83. The third-order valence-corrected chi connectivity index (χ3v) is 3.55. The highest BCUT2D eigenvalue weighted by Crippen LogP contribution is 2.29. The monoisotopic (exact) mass is 238 g/mol. The van der Waals surface area contributed by atoms with E-state index in [9.17, 15) is 0 Å². The second-order valence-corrected chi connectivity index (χ2v) is 4.92. The first kappa shape index (κ1) is 11.1. The van der Waals surface area contributed by atoms with Crippen LogP contribution in [-0.4, -0.2) is 12.1 Å². The van der Waals surface area contributed by atoms with Crippen LogP contribution < -0.4 is 10.6 Å². The van der Waals surface area contributed by atoms with Crippen LogP contribution in [0.25, 0.3) is 0 Å². The van der Waals surface area contributed by atoms with Crippen LogP contribution in [0.2, 0.25) is 0 Å². The Kier molecular flexibility index (Phi) is 2.93. The van der Waals surface area contributed by atoms with Crippen molar-refractivity contribution in [3.63, 3.8) is 0 Å². The fourth-order valence-electron chi connectivity index (χ4n) is 2.50. The summed E-state index contributed by atoms with van der Waals surface area (Å²) in [5.74, 6) is 0. The minimum absolute atomic E-state index is 0.431. The summed E-state index contributed by atoms with van der Waals surface area (Å²) in [6.45, 7) is 2.23. The van der Waals surface area contributed by atoms with E-state index in [1.165, 1.54) is 16.9 Å². The first-order valence-electron chi connectivity index (χ1n) is 6.49. The summed E-state index contributed by atoms with van der Waals surface area (Å²) in [5.41, 5.74) is 3.79. The summed E-state index contributed by atoms with van der Waals surface area (Å²) < 4.78 is 0. The van der Waals surface area contributed by atoms with Crippen LogP contribution in [0, 0.1) is 0 Å². The number of anilines is 2. The van der Waals surface area contributed by atoms with Gasteiger partial charge in [0.2, 0.25) is 0 Å². The van der Waals surface area contributed by atoms with Gasteiger partial charge in [-0.25, -0.2) is 0 Å². The molecule has 0 saturated carbocycles. The maximum Gasteiger partial charge on any atom is 0.0579 e. The van der Waals surface area contributed by atoms with Crippen LogP contribution in [0.1, 0.15) is 12.5 Å². The zero-order chi connectivity index (χ0) is 12.4. The lowest BCUT2D eigenvalue weighted by atomic mass is 9.97. The Morgan fingerprint density at radius 3 is 2.17 bits per heavy atom. The maximum atomic E-state index is 3.63. The smallest absolute Gasteiger partial charge is 0.0579 e. The van der Waals surface area contributed by atoms with Crippen molar-refractivity contribution >= 4 is 11.4 Å². The quantitative estimate of drug-likeness (QED) is 0.836. The Balaban J connectivity index is 1.79. The lowest BCUT2D eigenvalue weighted by Crippen LogP contribution is -2.42. The molecule has 0 bridgehead atoms. The molecule has 2 atom stereocenters. The standard InChI is InChI=1S/C16H18N2/c1-12-16(11-13-7-3-2-4-8-13)18-15-10-6-5-9-14(15)17-12/h2-10,12,16-18H,11H2,1H3. The van der Waals surface area contributed by atoms with E-state index < -0.39 is 0 Å². The molecule has 1 aliphatic rings. The summed E-state index contributed by atoms with van der Waals surface area (Å²) in [5, 5.41) is 7.20. The van der Waals surface area contributed by atoms with Gasteiger partial charge < -0.3 is 10.6 Å². The van der Waals surface area contributed by atoms with Crippen LogP contribution in [0.15, 0.2) is 54.6 Å². The largest absolute Gasteiger partial charge is 0.379 e. The van der Waals surface area contributed by atoms with Crippen molar-refractivity contribution in [1.82, 2.24) is 0 Å². The molecule has 1 aliphatic heterocycles. The highest BCUT2D eigenvalue weighted by Gasteiger charge is 2.23. The van der Waals surface area contributed by atoms with Gasteiger partial charge in [0.1, 0.15) is 0 Å². The van der Waals surface area contributed by atoms with E-state index in [2.05, 4.69) is 72.2 Å². The van der Waals surface area contributed by atoms with Gasteiger partial charge in [0, 0.05) is 6.04 Å². The highest BCUT2D eigenvalue weighted by atomic mass is 15.1. The minimum Gasteiger partial charge on any atom is -0.379 e. The van der Waals surface area contributed by atoms with Gasteiger partial charge >= 0.3 is 0 Å². The fourth-order valence-corrected chi connectivity index (χ4v) is 2.50. The number of hydrogen-bond donors (Lipinski definition) is 2. The topological polar surface area (TPSA) is 24.1 Å². The van der Waals surface area contributed by atoms with Crippen LogP contribution >= 0.6 is 0 Å². The third kappa shape index (κ3) is 2.19. The van der Waals surface area contributed by atoms with E-state index in [1.54, 1.807) is 0 Å². The molecule has 0 spiro atoms. The van der Waals surface area contributed by atoms with Crippen LogP contribution in [0.3, 0.4) is 0 Å². The fraction of sp³-hybridized carbons (Fsp3) is 0.250. The van der Waals surface area contributed by atoms with Crippen molar-refractivity contribution in [1.29, 1.82) is 0 Å². The Hall–Kier alpha value is -1.96. The normalized spacial score (nSPS) is 21.6. The number of benzene rings is 2. The van der Waals surface area contributed by atoms with Crippen molar-refractivity contribution in [2.75, 3.05) is 10.6 Å². The molecule has 2 nitrogen and oxygen atoms in total. The van der Waals surface area contributed by atoms with Crippen molar-refractivity contribution < 1.29 is 0 Å². The molecular weight excluding hydrogens is 220 g/mol. The predicted molar refractivity (Wildman–Crippen MR) is 77.1 cm³/mol. The Morgan fingerprint density at radius 2 is 1.44 bits per heavy atom. The Labute approximate surface area is 108 Å². The van der Waals surface area contributed by atoms with Gasteiger partial charge in [-0.1, -0.05) is 42.5 Å². The Morgan fingerprint density at radius 1 is 0.833 bits per heavy atom. The van der Waals surface area contributed by atoms with Crippen molar-refractivity contribution in [3.05, 3.63) is 60.2 Å². The van der Waals surface area contributed by atoms with Crippen molar-refractivity contribution in [2.24, 2.45) is 0 Å². The Bertz CT molecular complexity index is 522. The number of fused-ring (bicyclic) bond motifs is 1. The van der Waals surface area contributed by atoms with Gasteiger partial charge in [-0.15, -0.1) is 0 Å². The van der Waals surface area contributed by atoms with Gasteiger partial charge in [0.25, 0.3) is 0 Å². The molecule has 0 saturated heterocycles. The molecule has 1 heterocycles.